The Hall–Kier alpha value is -1.23. The standard InChI is InChI=1S/C13H8BrCl2NO2/c14-10-6-8(2-3-11(10)16)17-12-4-1-7(15)5-9(12)13(18)19/h1-6,17H,(H,18,19). The first-order chi connectivity index (χ1) is 8.97. The van der Waals surface area contributed by atoms with Gasteiger partial charge in [-0.3, -0.25) is 0 Å². The van der Waals surface area contributed by atoms with Crippen LogP contribution in [0.15, 0.2) is 40.9 Å². The topological polar surface area (TPSA) is 49.3 Å². The second-order valence-electron chi connectivity index (χ2n) is 3.75. The number of rotatable bonds is 3. The Morgan fingerprint density at radius 3 is 2.53 bits per heavy atom. The normalized spacial score (nSPS) is 10.3. The van der Waals surface area contributed by atoms with E-state index in [4.69, 9.17) is 28.3 Å². The minimum atomic E-state index is -1.04. The first kappa shape index (κ1) is 14.2. The number of halogens is 3. The molecule has 0 radical (unpaired) electrons. The molecule has 0 atom stereocenters. The zero-order chi connectivity index (χ0) is 14.0. The summed E-state index contributed by atoms with van der Waals surface area (Å²) < 4.78 is 0.727. The lowest BCUT2D eigenvalue weighted by atomic mass is 10.1. The zero-order valence-electron chi connectivity index (χ0n) is 9.45. The van der Waals surface area contributed by atoms with E-state index in [2.05, 4.69) is 21.2 Å². The molecule has 0 aliphatic carbocycles. The number of hydrogen-bond donors (Lipinski definition) is 2. The quantitative estimate of drug-likeness (QED) is 0.791. The summed E-state index contributed by atoms with van der Waals surface area (Å²) in [5.41, 5.74) is 1.30. The summed E-state index contributed by atoms with van der Waals surface area (Å²) >= 11 is 15.0. The van der Waals surface area contributed by atoms with Crippen molar-refractivity contribution >= 4 is 56.5 Å². The van der Waals surface area contributed by atoms with Crippen LogP contribution in [0.3, 0.4) is 0 Å². The van der Waals surface area contributed by atoms with Crippen molar-refractivity contribution in [1.82, 2.24) is 0 Å². The van der Waals surface area contributed by atoms with Crippen LogP contribution < -0.4 is 5.32 Å². The Morgan fingerprint density at radius 1 is 1.16 bits per heavy atom. The van der Waals surface area contributed by atoms with E-state index in [1.807, 2.05) is 0 Å². The third-order valence-corrected chi connectivity index (χ3v) is 3.86. The fourth-order valence-corrected chi connectivity index (χ4v) is 2.20. The van der Waals surface area contributed by atoms with E-state index in [9.17, 15) is 4.79 Å². The second-order valence-corrected chi connectivity index (χ2v) is 5.45. The maximum Gasteiger partial charge on any atom is 0.337 e. The number of carboxylic acids is 1. The number of aromatic carboxylic acids is 1. The largest absolute Gasteiger partial charge is 0.478 e. The predicted molar refractivity (Wildman–Crippen MR) is 80.8 cm³/mol. The zero-order valence-corrected chi connectivity index (χ0v) is 12.6. The molecule has 2 aromatic carbocycles. The smallest absolute Gasteiger partial charge is 0.337 e. The first-order valence-electron chi connectivity index (χ1n) is 5.22. The molecule has 2 rings (SSSR count). The van der Waals surface area contributed by atoms with Gasteiger partial charge in [-0.2, -0.15) is 0 Å². The molecule has 0 saturated heterocycles. The number of hydrogen-bond acceptors (Lipinski definition) is 2. The van der Waals surface area contributed by atoms with Gasteiger partial charge in [0.15, 0.2) is 0 Å². The summed E-state index contributed by atoms with van der Waals surface area (Å²) in [7, 11) is 0. The molecule has 0 fully saturated rings. The van der Waals surface area contributed by atoms with E-state index < -0.39 is 5.97 Å². The highest BCUT2D eigenvalue weighted by molar-refractivity contribution is 9.10. The molecule has 2 N–H and O–H groups in total. The molecule has 6 heteroatoms. The van der Waals surface area contributed by atoms with Gasteiger partial charge < -0.3 is 10.4 Å². The van der Waals surface area contributed by atoms with Crippen molar-refractivity contribution in [3.63, 3.8) is 0 Å². The van der Waals surface area contributed by atoms with Crippen molar-refractivity contribution in [3.8, 4) is 0 Å². The van der Waals surface area contributed by atoms with Crippen LogP contribution >= 0.6 is 39.1 Å². The molecule has 19 heavy (non-hydrogen) atoms. The van der Waals surface area contributed by atoms with Crippen LogP contribution in [-0.4, -0.2) is 11.1 Å². The third-order valence-electron chi connectivity index (χ3n) is 2.41. The van der Waals surface area contributed by atoms with Crippen LogP contribution in [0.5, 0.6) is 0 Å². The van der Waals surface area contributed by atoms with Crippen molar-refractivity contribution in [2.24, 2.45) is 0 Å². The molecule has 0 aliphatic rings. The maximum atomic E-state index is 11.2. The van der Waals surface area contributed by atoms with Gasteiger partial charge in [0.2, 0.25) is 0 Å². The van der Waals surface area contributed by atoms with Crippen molar-refractivity contribution in [2.45, 2.75) is 0 Å². The first-order valence-corrected chi connectivity index (χ1v) is 6.77. The molecule has 0 heterocycles. The van der Waals surface area contributed by atoms with Gasteiger partial charge in [0.05, 0.1) is 16.3 Å². The van der Waals surface area contributed by atoms with E-state index >= 15 is 0 Å². The minimum Gasteiger partial charge on any atom is -0.478 e. The van der Waals surface area contributed by atoms with Gasteiger partial charge >= 0.3 is 5.97 Å². The summed E-state index contributed by atoms with van der Waals surface area (Å²) in [5, 5.41) is 13.1. The fraction of sp³-hybridized carbons (Fsp3) is 0. The number of nitrogens with one attached hydrogen (secondary N) is 1. The molecular formula is C13H8BrCl2NO2. The lowest BCUT2D eigenvalue weighted by Crippen LogP contribution is -2.02. The van der Waals surface area contributed by atoms with E-state index in [0.29, 0.717) is 15.7 Å². The Morgan fingerprint density at radius 2 is 1.89 bits per heavy atom. The Labute approximate surface area is 128 Å². The Bertz CT molecular complexity index is 647. The highest BCUT2D eigenvalue weighted by atomic mass is 79.9. The molecule has 0 amide bonds. The van der Waals surface area contributed by atoms with Crippen LogP contribution in [0, 0.1) is 0 Å². The highest BCUT2D eigenvalue weighted by Gasteiger charge is 2.11. The molecule has 0 aliphatic heterocycles. The fourth-order valence-electron chi connectivity index (χ4n) is 1.53. The molecule has 0 aromatic heterocycles. The van der Waals surface area contributed by atoms with Gasteiger partial charge in [-0.15, -0.1) is 0 Å². The summed E-state index contributed by atoms with van der Waals surface area (Å²) in [4.78, 5) is 11.2. The van der Waals surface area contributed by atoms with E-state index in [-0.39, 0.29) is 5.56 Å². The molecule has 0 saturated carbocycles. The van der Waals surface area contributed by atoms with Crippen molar-refractivity contribution in [1.29, 1.82) is 0 Å². The summed E-state index contributed by atoms with van der Waals surface area (Å²) in [6.07, 6.45) is 0. The van der Waals surface area contributed by atoms with Gasteiger partial charge in [0, 0.05) is 15.2 Å². The number of carboxylic acid groups (broad SMARTS) is 1. The maximum absolute atomic E-state index is 11.2. The Balaban J connectivity index is 2.37. The van der Waals surface area contributed by atoms with Gasteiger partial charge in [-0.05, 0) is 52.3 Å². The lowest BCUT2D eigenvalue weighted by molar-refractivity contribution is 0.0698. The highest BCUT2D eigenvalue weighted by Crippen LogP contribution is 2.29. The average Bonchev–Trinajstić information content (AvgIpc) is 2.36. The summed E-state index contributed by atoms with van der Waals surface area (Å²) in [5.74, 6) is -1.04. The second kappa shape index (κ2) is 5.82. The molecule has 0 bridgehead atoms. The van der Waals surface area contributed by atoms with Gasteiger partial charge in [0.25, 0.3) is 0 Å². The van der Waals surface area contributed by atoms with Gasteiger partial charge in [-0.25, -0.2) is 4.79 Å². The molecular weight excluding hydrogens is 353 g/mol. The van der Waals surface area contributed by atoms with Crippen molar-refractivity contribution in [2.75, 3.05) is 5.32 Å². The number of carbonyl (C=O) groups is 1. The van der Waals surface area contributed by atoms with Crippen LogP contribution in [0.4, 0.5) is 11.4 Å². The van der Waals surface area contributed by atoms with Crippen LogP contribution in [0.1, 0.15) is 10.4 Å². The third kappa shape index (κ3) is 3.41. The van der Waals surface area contributed by atoms with Gasteiger partial charge in [-0.1, -0.05) is 23.2 Å². The van der Waals surface area contributed by atoms with Crippen molar-refractivity contribution in [3.05, 3.63) is 56.5 Å². The van der Waals surface area contributed by atoms with Crippen LogP contribution in [-0.2, 0) is 0 Å². The predicted octanol–water partition coefficient (Wildman–Crippen LogP) is 5.20. The average molecular weight is 361 g/mol. The Kier molecular flexibility index (Phi) is 4.34. The van der Waals surface area contributed by atoms with Crippen molar-refractivity contribution < 1.29 is 9.90 Å². The summed E-state index contributed by atoms with van der Waals surface area (Å²) in [6.45, 7) is 0. The lowest BCUT2D eigenvalue weighted by Gasteiger charge is -2.10. The number of benzene rings is 2. The number of anilines is 2. The molecule has 3 nitrogen and oxygen atoms in total. The molecule has 2 aromatic rings. The monoisotopic (exact) mass is 359 g/mol. The summed E-state index contributed by atoms with van der Waals surface area (Å²) in [6, 6.07) is 9.88. The minimum absolute atomic E-state index is 0.110. The van der Waals surface area contributed by atoms with E-state index in [1.54, 1.807) is 30.3 Å². The van der Waals surface area contributed by atoms with E-state index in [1.165, 1.54) is 6.07 Å². The van der Waals surface area contributed by atoms with Crippen LogP contribution in [0.2, 0.25) is 10.0 Å². The molecule has 98 valence electrons. The molecule has 0 spiro atoms. The molecule has 0 unspecified atom stereocenters. The van der Waals surface area contributed by atoms with Crippen LogP contribution in [0.25, 0.3) is 0 Å². The van der Waals surface area contributed by atoms with Gasteiger partial charge in [0.1, 0.15) is 0 Å². The van der Waals surface area contributed by atoms with E-state index in [0.717, 1.165) is 10.2 Å². The SMILES string of the molecule is O=C(O)c1cc(Cl)ccc1Nc1ccc(Cl)c(Br)c1.